The van der Waals surface area contributed by atoms with E-state index in [0.717, 1.165) is 30.3 Å². The Hall–Kier alpha value is -0.860. The van der Waals surface area contributed by atoms with Crippen LogP contribution < -0.4 is 5.32 Å². The summed E-state index contributed by atoms with van der Waals surface area (Å²) in [4.78, 5) is 2.79. The normalized spacial score (nSPS) is 32.9. The van der Waals surface area contributed by atoms with Gasteiger partial charge in [-0.2, -0.15) is 0 Å². The third-order valence-electron chi connectivity index (χ3n) is 5.76. The highest BCUT2D eigenvalue weighted by Crippen LogP contribution is 2.35. The lowest BCUT2D eigenvalue weighted by molar-refractivity contribution is 0.0231. The van der Waals surface area contributed by atoms with E-state index in [1.165, 1.54) is 37.9 Å². The van der Waals surface area contributed by atoms with Crippen molar-refractivity contribution in [3.8, 4) is 0 Å². The van der Waals surface area contributed by atoms with Gasteiger partial charge in [-0.05, 0) is 42.6 Å². The molecule has 122 valence electrons. The fourth-order valence-electron chi connectivity index (χ4n) is 4.12. The first kappa shape index (κ1) is 16.0. The van der Waals surface area contributed by atoms with Crippen molar-refractivity contribution in [1.82, 2.24) is 10.2 Å². The Kier molecular flexibility index (Phi) is 5.20. The standard InChI is InChI=1S/C20H32N2/c1-15(2)18-11-19(21-12-17-7-5-4-6-8-17)14-22(13-18)20-9-16(3)10-20/h4-8,15-16,18-21H,9-14H2,1-3H3. The van der Waals surface area contributed by atoms with Crippen molar-refractivity contribution in [1.29, 1.82) is 0 Å². The average molecular weight is 300 g/mol. The van der Waals surface area contributed by atoms with Crippen molar-refractivity contribution >= 4 is 0 Å². The molecule has 1 heterocycles. The molecule has 2 nitrogen and oxygen atoms in total. The molecule has 1 aromatic carbocycles. The Morgan fingerprint density at radius 2 is 1.82 bits per heavy atom. The third kappa shape index (κ3) is 3.91. The second kappa shape index (κ2) is 7.14. The molecular formula is C20H32N2. The number of hydrogen-bond acceptors (Lipinski definition) is 2. The summed E-state index contributed by atoms with van der Waals surface area (Å²) in [5, 5.41) is 3.83. The summed E-state index contributed by atoms with van der Waals surface area (Å²) in [6.07, 6.45) is 4.16. The van der Waals surface area contributed by atoms with Gasteiger partial charge < -0.3 is 5.32 Å². The summed E-state index contributed by atoms with van der Waals surface area (Å²) in [6.45, 7) is 10.8. The van der Waals surface area contributed by atoms with Gasteiger partial charge in [0.1, 0.15) is 0 Å². The van der Waals surface area contributed by atoms with Gasteiger partial charge >= 0.3 is 0 Å². The van der Waals surface area contributed by atoms with E-state index < -0.39 is 0 Å². The second-order valence-corrected chi connectivity index (χ2v) is 7.99. The van der Waals surface area contributed by atoms with Gasteiger partial charge in [0.2, 0.25) is 0 Å². The van der Waals surface area contributed by atoms with Crippen molar-refractivity contribution < 1.29 is 0 Å². The summed E-state index contributed by atoms with van der Waals surface area (Å²) in [6, 6.07) is 12.3. The zero-order valence-electron chi connectivity index (χ0n) is 14.5. The Balaban J connectivity index is 1.57. The summed E-state index contributed by atoms with van der Waals surface area (Å²) in [5.41, 5.74) is 1.40. The van der Waals surface area contributed by atoms with Gasteiger partial charge in [-0.25, -0.2) is 0 Å². The quantitative estimate of drug-likeness (QED) is 0.886. The SMILES string of the molecule is CC1CC(N2CC(NCc3ccccc3)CC(C(C)C)C2)C1. The Bertz CT molecular complexity index is 450. The van der Waals surface area contributed by atoms with E-state index in [9.17, 15) is 0 Å². The summed E-state index contributed by atoms with van der Waals surface area (Å²) in [5.74, 6) is 2.58. The maximum absolute atomic E-state index is 3.83. The van der Waals surface area contributed by atoms with E-state index in [2.05, 4.69) is 61.3 Å². The van der Waals surface area contributed by atoms with Gasteiger partial charge in [0.25, 0.3) is 0 Å². The highest BCUT2D eigenvalue weighted by molar-refractivity contribution is 5.14. The highest BCUT2D eigenvalue weighted by atomic mass is 15.2. The molecule has 1 N–H and O–H groups in total. The van der Waals surface area contributed by atoms with Crippen LogP contribution in [0.15, 0.2) is 30.3 Å². The monoisotopic (exact) mass is 300 g/mol. The maximum atomic E-state index is 3.83. The van der Waals surface area contributed by atoms with Crippen LogP contribution in [0.2, 0.25) is 0 Å². The largest absolute Gasteiger partial charge is 0.309 e. The van der Waals surface area contributed by atoms with Gasteiger partial charge in [0, 0.05) is 31.7 Å². The molecule has 0 amide bonds. The van der Waals surface area contributed by atoms with E-state index in [4.69, 9.17) is 0 Å². The van der Waals surface area contributed by atoms with Crippen molar-refractivity contribution in [2.45, 2.75) is 58.7 Å². The fraction of sp³-hybridized carbons (Fsp3) is 0.700. The van der Waals surface area contributed by atoms with Crippen LogP contribution in [0.5, 0.6) is 0 Å². The third-order valence-corrected chi connectivity index (χ3v) is 5.76. The molecule has 22 heavy (non-hydrogen) atoms. The average Bonchev–Trinajstić information content (AvgIpc) is 2.50. The van der Waals surface area contributed by atoms with Crippen LogP contribution in [-0.2, 0) is 6.54 Å². The van der Waals surface area contributed by atoms with E-state index >= 15 is 0 Å². The molecule has 3 rings (SSSR count). The maximum Gasteiger partial charge on any atom is 0.0208 e. The van der Waals surface area contributed by atoms with Crippen LogP contribution in [0.25, 0.3) is 0 Å². The van der Waals surface area contributed by atoms with Crippen LogP contribution in [0.3, 0.4) is 0 Å². The van der Waals surface area contributed by atoms with Crippen LogP contribution in [0.4, 0.5) is 0 Å². The van der Waals surface area contributed by atoms with Crippen LogP contribution in [0.1, 0.15) is 45.6 Å². The molecule has 2 fully saturated rings. The highest BCUT2D eigenvalue weighted by Gasteiger charge is 2.36. The predicted molar refractivity (Wildman–Crippen MR) is 93.8 cm³/mol. The molecule has 0 bridgehead atoms. The Morgan fingerprint density at radius 1 is 1.09 bits per heavy atom. The zero-order valence-corrected chi connectivity index (χ0v) is 14.5. The molecule has 2 atom stereocenters. The van der Waals surface area contributed by atoms with Crippen LogP contribution in [-0.4, -0.2) is 30.1 Å². The van der Waals surface area contributed by atoms with Gasteiger partial charge in [-0.1, -0.05) is 51.1 Å². The summed E-state index contributed by atoms with van der Waals surface area (Å²) >= 11 is 0. The predicted octanol–water partition coefficient (Wildman–Crippen LogP) is 3.92. The van der Waals surface area contributed by atoms with Crippen molar-refractivity contribution in [3.05, 3.63) is 35.9 Å². The number of benzene rings is 1. The number of piperidine rings is 1. The molecule has 0 radical (unpaired) electrons. The van der Waals surface area contributed by atoms with E-state index in [1.54, 1.807) is 0 Å². The summed E-state index contributed by atoms with van der Waals surface area (Å²) in [7, 11) is 0. The number of rotatable bonds is 5. The number of likely N-dealkylation sites (tertiary alicyclic amines) is 1. The lowest BCUT2D eigenvalue weighted by Gasteiger charge is -2.48. The number of nitrogens with one attached hydrogen (secondary N) is 1. The second-order valence-electron chi connectivity index (χ2n) is 7.99. The minimum atomic E-state index is 0.650. The zero-order chi connectivity index (χ0) is 15.5. The molecule has 1 aromatic rings. The van der Waals surface area contributed by atoms with E-state index in [-0.39, 0.29) is 0 Å². The van der Waals surface area contributed by atoms with Gasteiger partial charge in [0.15, 0.2) is 0 Å². The van der Waals surface area contributed by atoms with Crippen LogP contribution in [0, 0.1) is 17.8 Å². The van der Waals surface area contributed by atoms with Crippen LogP contribution >= 0.6 is 0 Å². The lowest BCUT2D eigenvalue weighted by Crippen LogP contribution is -2.56. The van der Waals surface area contributed by atoms with Gasteiger partial charge in [-0.3, -0.25) is 4.90 Å². The number of hydrogen-bond donors (Lipinski definition) is 1. The first-order valence-corrected chi connectivity index (χ1v) is 9.13. The Morgan fingerprint density at radius 3 is 2.45 bits per heavy atom. The smallest absolute Gasteiger partial charge is 0.0208 e. The molecule has 2 heteroatoms. The molecule has 1 aliphatic heterocycles. The fourth-order valence-corrected chi connectivity index (χ4v) is 4.12. The first-order chi connectivity index (χ1) is 10.6. The minimum Gasteiger partial charge on any atom is -0.309 e. The minimum absolute atomic E-state index is 0.650. The topological polar surface area (TPSA) is 15.3 Å². The Labute approximate surface area is 136 Å². The molecule has 1 saturated carbocycles. The van der Waals surface area contributed by atoms with Crippen molar-refractivity contribution in [2.75, 3.05) is 13.1 Å². The number of nitrogens with zero attached hydrogens (tertiary/aromatic N) is 1. The van der Waals surface area contributed by atoms with E-state index in [0.29, 0.717) is 6.04 Å². The molecule has 1 saturated heterocycles. The molecule has 1 aliphatic carbocycles. The first-order valence-electron chi connectivity index (χ1n) is 9.13. The molecule has 0 aromatic heterocycles. The van der Waals surface area contributed by atoms with Gasteiger partial charge in [-0.15, -0.1) is 0 Å². The van der Waals surface area contributed by atoms with Crippen molar-refractivity contribution in [3.63, 3.8) is 0 Å². The summed E-state index contributed by atoms with van der Waals surface area (Å²) < 4.78 is 0. The van der Waals surface area contributed by atoms with Crippen molar-refractivity contribution in [2.24, 2.45) is 17.8 Å². The molecular weight excluding hydrogens is 268 g/mol. The van der Waals surface area contributed by atoms with E-state index in [1.807, 2.05) is 0 Å². The van der Waals surface area contributed by atoms with Gasteiger partial charge in [0.05, 0.1) is 0 Å². The molecule has 2 aliphatic rings. The molecule has 0 spiro atoms. The lowest BCUT2D eigenvalue weighted by atomic mass is 9.77. The molecule has 2 unspecified atom stereocenters.